The molecule has 8 heteroatoms. The Balaban J connectivity index is 1.87. The highest BCUT2D eigenvalue weighted by molar-refractivity contribution is 5.96. The van der Waals surface area contributed by atoms with Gasteiger partial charge in [-0.05, 0) is 43.3 Å². The second-order valence-corrected chi connectivity index (χ2v) is 6.18. The first kappa shape index (κ1) is 17.4. The van der Waals surface area contributed by atoms with Gasteiger partial charge in [0.15, 0.2) is 0 Å². The van der Waals surface area contributed by atoms with Crippen molar-refractivity contribution < 1.29 is 8.78 Å². The van der Waals surface area contributed by atoms with E-state index >= 15 is 0 Å². The predicted molar refractivity (Wildman–Crippen MR) is 101 cm³/mol. The first-order chi connectivity index (χ1) is 13.5. The van der Waals surface area contributed by atoms with Crippen LogP contribution in [0.1, 0.15) is 17.0 Å². The SMILES string of the molecule is Cc1[nH]n2c(=O)[nH]c(C=Nc3ccc(C#N)cc3)c2c1-c1ccc(F)cc1F. The average Bonchev–Trinajstić information content (AvgIpc) is 3.17. The minimum Gasteiger partial charge on any atom is -0.303 e. The molecule has 0 fully saturated rings. The third-order valence-corrected chi connectivity index (χ3v) is 4.35. The molecule has 138 valence electrons. The summed E-state index contributed by atoms with van der Waals surface area (Å²) in [7, 11) is 0. The second kappa shape index (κ2) is 6.63. The molecule has 0 radical (unpaired) electrons. The monoisotopic (exact) mass is 377 g/mol. The molecule has 0 aliphatic heterocycles. The maximum Gasteiger partial charge on any atom is 0.345 e. The molecule has 0 spiro atoms. The molecule has 2 heterocycles. The van der Waals surface area contributed by atoms with Gasteiger partial charge in [-0.25, -0.2) is 18.1 Å². The van der Waals surface area contributed by atoms with Gasteiger partial charge in [-0.1, -0.05) is 0 Å². The summed E-state index contributed by atoms with van der Waals surface area (Å²) in [4.78, 5) is 19.2. The van der Waals surface area contributed by atoms with Crippen molar-refractivity contribution in [1.29, 1.82) is 5.26 Å². The lowest BCUT2D eigenvalue weighted by atomic mass is 10.0. The number of halogens is 2. The summed E-state index contributed by atoms with van der Waals surface area (Å²) >= 11 is 0. The zero-order chi connectivity index (χ0) is 19.8. The van der Waals surface area contributed by atoms with Crippen LogP contribution in [0.2, 0.25) is 0 Å². The van der Waals surface area contributed by atoms with Crippen LogP contribution >= 0.6 is 0 Å². The molecule has 0 aliphatic rings. The van der Waals surface area contributed by atoms with Crippen molar-refractivity contribution in [2.45, 2.75) is 6.92 Å². The normalized spacial score (nSPS) is 11.4. The summed E-state index contributed by atoms with van der Waals surface area (Å²) in [6.07, 6.45) is 1.45. The molecule has 0 saturated heterocycles. The molecule has 0 bridgehead atoms. The fourth-order valence-electron chi connectivity index (χ4n) is 3.08. The number of nitriles is 1. The van der Waals surface area contributed by atoms with Crippen LogP contribution in [0, 0.1) is 29.9 Å². The molecule has 0 amide bonds. The summed E-state index contributed by atoms with van der Waals surface area (Å²) < 4.78 is 28.9. The molecule has 2 aromatic carbocycles. The highest BCUT2D eigenvalue weighted by Gasteiger charge is 2.20. The first-order valence-electron chi connectivity index (χ1n) is 8.31. The number of aromatic nitrogens is 3. The highest BCUT2D eigenvalue weighted by atomic mass is 19.1. The van der Waals surface area contributed by atoms with Crippen molar-refractivity contribution in [3.63, 3.8) is 0 Å². The van der Waals surface area contributed by atoms with Crippen LogP contribution in [-0.4, -0.2) is 20.8 Å². The van der Waals surface area contributed by atoms with Crippen molar-refractivity contribution in [1.82, 2.24) is 14.6 Å². The molecule has 4 aromatic rings. The number of hydrogen-bond donors (Lipinski definition) is 2. The molecular formula is C20H13F2N5O. The third-order valence-electron chi connectivity index (χ3n) is 4.35. The number of nitrogens with one attached hydrogen (secondary N) is 2. The Morgan fingerprint density at radius 3 is 2.61 bits per heavy atom. The van der Waals surface area contributed by atoms with Crippen molar-refractivity contribution in [2.24, 2.45) is 4.99 Å². The molecule has 28 heavy (non-hydrogen) atoms. The van der Waals surface area contributed by atoms with Crippen LogP contribution in [0.4, 0.5) is 14.5 Å². The van der Waals surface area contributed by atoms with Crippen molar-refractivity contribution in [3.8, 4) is 17.2 Å². The van der Waals surface area contributed by atoms with E-state index in [2.05, 4.69) is 15.1 Å². The van der Waals surface area contributed by atoms with E-state index in [1.165, 1.54) is 16.8 Å². The van der Waals surface area contributed by atoms with Gasteiger partial charge in [0.2, 0.25) is 0 Å². The molecule has 0 aliphatic carbocycles. The summed E-state index contributed by atoms with van der Waals surface area (Å²) in [5, 5.41) is 11.7. The van der Waals surface area contributed by atoms with Crippen molar-refractivity contribution >= 4 is 17.4 Å². The van der Waals surface area contributed by atoms with Gasteiger partial charge in [-0.3, -0.25) is 10.1 Å². The molecule has 4 rings (SSSR count). The molecular weight excluding hydrogens is 364 g/mol. The Labute approximate surface area is 157 Å². The van der Waals surface area contributed by atoms with E-state index < -0.39 is 17.3 Å². The highest BCUT2D eigenvalue weighted by Crippen LogP contribution is 2.31. The largest absolute Gasteiger partial charge is 0.345 e. The Kier molecular flexibility index (Phi) is 4.12. The molecule has 6 nitrogen and oxygen atoms in total. The minimum atomic E-state index is -0.728. The molecule has 0 atom stereocenters. The van der Waals surface area contributed by atoms with Crippen LogP contribution < -0.4 is 5.69 Å². The average molecular weight is 377 g/mol. The Morgan fingerprint density at radius 1 is 1.18 bits per heavy atom. The van der Waals surface area contributed by atoms with Gasteiger partial charge in [-0.2, -0.15) is 5.26 Å². The number of benzene rings is 2. The van der Waals surface area contributed by atoms with E-state index in [0.29, 0.717) is 33.7 Å². The maximum absolute atomic E-state index is 14.4. The second-order valence-electron chi connectivity index (χ2n) is 6.18. The Hall–Kier alpha value is -3.99. The number of fused-ring (bicyclic) bond motifs is 1. The first-order valence-corrected chi connectivity index (χ1v) is 8.31. The van der Waals surface area contributed by atoms with E-state index in [0.717, 1.165) is 12.1 Å². The lowest BCUT2D eigenvalue weighted by Crippen LogP contribution is -2.10. The summed E-state index contributed by atoms with van der Waals surface area (Å²) in [6, 6.07) is 11.9. The molecule has 0 unspecified atom stereocenters. The van der Waals surface area contributed by atoms with Crippen molar-refractivity contribution in [3.05, 3.63) is 81.5 Å². The van der Waals surface area contributed by atoms with Crippen LogP contribution in [0.25, 0.3) is 16.6 Å². The Morgan fingerprint density at radius 2 is 1.93 bits per heavy atom. The van der Waals surface area contributed by atoms with Gasteiger partial charge < -0.3 is 4.98 Å². The lowest BCUT2D eigenvalue weighted by Gasteiger charge is -2.03. The summed E-state index contributed by atoms with van der Waals surface area (Å²) in [5.74, 6) is -1.41. The van der Waals surface area contributed by atoms with E-state index in [-0.39, 0.29) is 5.56 Å². The zero-order valence-corrected chi connectivity index (χ0v) is 14.6. The quantitative estimate of drug-likeness (QED) is 0.532. The van der Waals surface area contributed by atoms with E-state index in [1.807, 2.05) is 6.07 Å². The number of nitrogens with zero attached hydrogens (tertiary/aromatic N) is 3. The van der Waals surface area contributed by atoms with Gasteiger partial charge in [0, 0.05) is 22.9 Å². The van der Waals surface area contributed by atoms with Crippen molar-refractivity contribution in [2.75, 3.05) is 0 Å². The number of H-pyrrole nitrogens is 2. The van der Waals surface area contributed by atoms with Crippen LogP contribution in [0.5, 0.6) is 0 Å². The van der Waals surface area contributed by atoms with E-state index in [1.54, 1.807) is 31.2 Å². The van der Waals surface area contributed by atoms with Gasteiger partial charge in [-0.15, -0.1) is 0 Å². The molecule has 0 saturated carbocycles. The standard InChI is InChI=1S/C20H13F2N5O/c1-11-18(15-7-4-13(21)8-16(15)22)19-17(25-20(28)27(19)26-11)10-24-14-5-2-12(9-23)3-6-14/h2-8,10,26H,1H3,(H,25,28). The van der Waals surface area contributed by atoms with E-state index in [9.17, 15) is 13.6 Å². The van der Waals surface area contributed by atoms with Gasteiger partial charge in [0.1, 0.15) is 17.2 Å². The van der Waals surface area contributed by atoms with Gasteiger partial charge in [0.25, 0.3) is 0 Å². The topological polar surface area (TPSA) is 89.2 Å². The zero-order valence-electron chi connectivity index (χ0n) is 14.6. The smallest absolute Gasteiger partial charge is 0.303 e. The number of imidazole rings is 1. The third kappa shape index (κ3) is 2.89. The number of hydrogen-bond acceptors (Lipinski definition) is 3. The number of aryl methyl sites for hydroxylation is 1. The number of aliphatic imine (C=N–C) groups is 1. The van der Waals surface area contributed by atoms with Gasteiger partial charge in [0.05, 0.1) is 29.2 Å². The van der Waals surface area contributed by atoms with Crippen LogP contribution in [-0.2, 0) is 0 Å². The summed E-state index contributed by atoms with van der Waals surface area (Å²) in [5.41, 5.74) is 2.60. The fraction of sp³-hybridized carbons (Fsp3) is 0.0500. The Bertz CT molecular complexity index is 1320. The number of rotatable bonds is 3. The van der Waals surface area contributed by atoms with Crippen LogP contribution in [0.15, 0.2) is 52.3 Å². The molecule has 2 aromatic heterocycles. The molecule has 2 N–H and O–H groups in total. The van der Waals surface area contributed by atoms with E-state index in [4.69, 9.17) is 5.26 Å². The minimum absolute atomic E-state index is 0.171. The fourth-order valence-corrected chi connectivity index (χ4v) is 3.08. The van der Waals surface area contributed by atoms with Gasteiger partial charge >= 0.3 is 5.69 Å². The predicted octanol–water partition coefficient (Wildman–Crippen LogP) is 3.83. The maximum atomic E-state index is 14.4. The summed E-state index contributed by atoms with van der Waals surface area (Å²) in [6.45, 7) is 1.70. The number of aromatic amines is 2. The lowest BCUT2D eigenvalue weighted by molar-refractivity contribution is 0.585. The van der Waals surface area contributed by atoms with Crippen LogP contribution in [0.3, 0.4) is 0 Å².